The second kappa shape index (κ2) is 11.9. The van der Waals surface area contributed by atoms with Crippen LogP contribution in [0.5, 0.6) is 0 Å². The van der Waals surface area contributed by atoms with E-state index in [2.05, 4.69) is 81.4 Å². The molecule has 0 amide bonds. The number of fused-ring (bicyclic) bond motifs is 1. The molecule has 0 radical (unpaired) electrons. The molecule has 2 aromatic carbocycles. The van der Waals surface area contributed by atoms with Crippen molar-refractivity contribution in [1.29, 1.82) is 0 Å². The zero-order valence-electron chi connectivity index (χ0n) is 22.1. The molecule has 1 aliphatic heterocycles. The van der Waals surface area contributed by atoms with Crippen molar-refractivity contribution >= 4 is 11.7 Å². The Balaban J connectivity index is 1.30. The van der Waals surface area contributed by atoms with Crippen LogP contribution in [-0.2, 0) is 11.2 Å². The van der Waals surface area contributed by atoms with Crippen molar-refractivity contribution in [1.82, 2.24) is 19.8 Å². The lowest BCUT2D eigenvalue weighted by atomic mass is 9.78. The number of anilines is 1. The van der Waals surface area contributed by atoms with Crippen LogP contribution < -0.4 is 5.73 Å². The number of benzene rings is 2. The highest BCUT2D eigenvalue weighted by Crippen LogP contribution is 2.38. The fraction of sp³-hybridized carbons (Fsp3) is 0.433. The van der Waals surface area contributed by atoms with Crippen LogP contribution in [-0.4, -0.2) is 78.6 Å². The highest BCUT2D eigenvalue weighted by atomic mass is 16.5. The van der Waals surface area contributed by atoms with Gasteiger partial charge in [-0.05, 0) is 55.8 Å². The fourth-order valence-corrected chi connectivity index (χ4v) is 5.57. The first-order valence-corrected chi connectivity index (χ1v) is 13.4. The maximum absolute atomic E-state index is 6.06. The number of hydrogen-bond acceptors (Lipinski definition) is 7. The van der Waals surface area contributed by atoms with E-state index in [1.165, 1.54) is 16.7 Å². The minimum atomic E-state index is 0.258. The van der Waals surface area contributed by atoms with Gasteiger partial charge in [-0.25, -0.2) is 9.97 Å². The van der Waals surface area contributed by atoms with E-state index in [4.69, 9.17) is 15.5 Å². The van der Waals surface area contributed by atoms with Gasteiger partial charge in [-0.3, -0.25) is 4.99 Å². The summed E-state index contributed by atoms with van der Waals surface area (Å²) in [5.41, 5.74) is 13.8. The Hall–Kier alpha value is -3.13. The maximum Gasteiger partial charge on any atom is 0.220 e. The number of hydrogen-bond donors (Lipinski definition) is 1. The average Bonchev–Trinajstić information content (AvgIpc) is 2.91. The summed E-state index contributed by atoms with van der Waals surface area (Å²) in [6, 6.07) is 19.3. The molecule has 2 heterocycles. The van der Waals surface area contributed by atoms with Crippen LogP contribution in [0.1, 0.15) is 41.3 Å². The van der Waals surface area contributed by atoms with Crippen molar-refractivity contribution in [3.63, 3.8) is 0 Å². The largest absolute Gasteiger partial charge is 0.368 e. The van der Waals surface area contributed by atoms with Crippen molar-refractivity contribution < 1.29 is 4.74 Å². The summed E-state index contributed by atoms with van der Waals surface area (Å²) in [6.45, 7) is 8.73. The second-order valence-corrected chi connectivity index (χ2v) is 10.2. The Morgan fingerprint density at radius 1 is 0.973 bits per heavy atom. The van der Waals surface area contributed by atoms with Crippen molar-refractivity contribution in [2.75, 3.05) is 58.8 Å². The van der Waals surface area contributed by atoms with Gasteiger partial charge in [-0.2, -0.15) is 0 Å². The number of nitrogens with two attached hydrogens (primary N) is 1. The number of aromatic nitrogens is 2. The lowest BCUT2D eigenvalue weighted by Crippen LogP contribution is -2.44. The Labute approximate surface area is 220 Å². The van der Waals surface area contributed by atoms with E-state index in [0.717, 1.165) is 74.6 Å². The summed E-state index contributed by atoms with van der Waals surface area (Å²) in [5, 5.41) is 0. The third kappa shape index (κ3) is 6.24. The number of nitrogen functional groups attached to an aromatic ring is 1. The van der Waals surface area contributed by atoms with Gasteiger partial charge >= 0.3 is 0 Å². The molecule has 7 heteroatoms. The molecule has 0 saturated carbocycles. The zero-order valence-corrected chi connectivity index (χ0v) is 22.1. The molecule has 1 atom stereocenters. The number of nitrogens with zero attached hydrogens (tertiary/aromatic N) is 5. The smallest absolute Gasteiger partial charge is 0.220 e. The first kappa shape index (κ1) is 25.5. The third-order valence-electron chi connectivity index (χ3n) is 7.54. The van der Waals surface area contributed by atoms with Gasteiger partial charge in [0.25, 0.3) is 0 Å². The van der Waals surface area contributed by atoms with Crippen LogP contribution in [0.15, 0.2) is 59.6 Å². The molecule has 3 aromatic rings. The Morgan fingerprint density at radius 2 is 1.73 bits per heavy atom. The van der Waals surface area contributed by atoms with E-state index in [1.54, 1.807) is 0 Å². The molecule has 5 rings (SSSR count). The number of likely N-dealkylation sites (N-methyl/N-ethyl adjacent to an activating group) is 1. The highest BCUT2D eigenvalue weighted by Gasteiger charge is 2.29. The lowest BCUT2D eigenvalue weighted by Gasteiger charge is -2.32. The normalized spacial score (nSPS) is 19.7. The fourth-order valence-electron chi connectivity index (χ4n) is 5.57. The zero-order chi connectivity index (χ0) is 25.6. The van der Waals surface area contributed by atoms with Gasteiger partial charge in [0.1, 0.15) is 6.73 Å². The number of rotatable bonds is 8. The molecule has 2 aliphatic rings. The summed E-state index contributed by atoms with van der Waals surface area (Å²) in [7, 11) is 2.19. The number of aryl methyl sites for hydroxylation is 1. The molecule has 7 nitrogen and oxygen atoms in total. The summed E-state index contributed by atoms with van der Waals surface area (Å²) in [4.78, 5) is 19.0. The van der Waals surface area contributed by atoms with Crippen molar-refractivity contribution in [3.05, 3.63) is 77.1 Å². The minimum absolute atomic E-state index is 0.258. The van der Waals surface area contributed by atoms with Crippen LogP contribution in [0.3, 0.4) is 0 Å². The van der Waals surface area contributed by atoms with Gasteiger partial charge in [0.2, 0.25) is 5.95 Å². The van der Waals surface area contributed by atoms with Crippen LogP contribution in [0.25, 0.3) is 11.1 Å². The molecule has 1 aromatic heterocycles. The van der Waals surface area contributed by atoms with Crippen molar-refractivity contribution in [3.8, 4) is 11.1 Å². The molecule has 1 aliphatic carbocycles. The van der Waals surface area contributed by atoms with E-state index in [-0.39, 0.29) is 5.92 Å². The van der Waals surface area contributed by atoms with E-state index in [0.29, 0.717) is 19.3 Å². The van der Waals surface area contributed by atoms with Gasteiger partial charge in [-0.15, -0.1) is 0 Å². The van der Waals surface area contributed by atoms with Gasteiger partial charge in [0.15, 0.2) is 0 Å². The highest BCUT2D eigenvalue weighted by molar-refractivity contribution is 6.04. The maximum atomic E-state index is 6.06. The van der Waals surface area contributed by atoms with Gasteiger partial charge in [-0.1, -0.05) is 54.6 Å². The van der Waals surface area contributed by atoms with Crippen molar-refractivity contribution in [2.45, 2.75) is 32.1 Å². The van der Waals surface area contributed by atoms with E-state index < -0.39 is 0 Å². The minimum Gasteiger partial charge on any atom is -0.368 e. The summed E-state index contributed by atoms with van der Waals surface area (Å²) < 4.78 is 5.97. The molecule has 37 heavy (non-hydrogen) atoms. The van der Waals surface area contributed by atoms with Gasteiger partial charge in [0.05, 0.1) is 18.0 Å². The molecule has 194 valence electrons. The van der Waals surface area contributed by atoms with Crippen molar-refractivity contribution in [2.24, 2.45) is 4.99 Å². The van der Waals surface area contributed by atoms with E-state index in [1.807, 2.05) is 6.92 Å². The summed E-state index contributed by atoms with van der Waals surface area (Å²) in [6.07, 6.45) is 2.67. The molecule has 1 saturated heterocycles. The number of aliphatic imine (C=N–C) groups is 1. The monoisotopic (exact) mass is 498 g/mol. The Kier molecular flexibility index (Phi) is 8.24. The predicted molar refractivity (Wildman–Crippen MR) is 150 cm³/mol. The quantitative estimate of drug-likeness (QED) is 0.470. The summed E-state index contributed by atoms with van der Waals surface area (Å²) >= 11 is 0. The molecular weight excluding hydrogens is 460 g/mol. The molecule has 0 bridgehead atoms. The van der Waals surface area contributed by atoms with Crippen LogP contribution in [0.2, 0.25) is 0 Å². The molecule has 2 N–H and O–H groups in total. The molecule has 1 fully saturated rings. The lowest BCUT2D eigenvalue weighted by molar-refractivity contribution is 0.110. The Morgan fingerprint density at radius 3 is 2.54 bits per heavy atom. The molecular formula is C30H38N6O. The average molecular weight is 499 g/mol. The number of piperazine rings is 1. The first-order chi connectivity index (χ1) is 18.1. The standard InChI is InChI=1S/C30H38N6O/c1-22-29-27(32-21-37-18-8-13-36-16-14-35(2)15-17-36)19-24(20-28(29)34-30(31)33-22)26-12-7-6-11-25(26)23-9-4-3-5-10-23/h3-7,9-12,24H,8,13-21H2,1-2H3,(H2,31,33,34). The SMILES string of the molecule is Cc1nc(N)nc2c1C(=NCOCCCN1CCN(C)CC1)CC(c1ccccc1-c1ccccc1)C2. The van der Waals surface area contributed by atoms with E-state index >= 15 is 0 Å². The summed E-state index contributed by atoms with van der Waals surface area (Å²) in [5.74, 6) is 0.585. The van der Waals surface area contributed by atoms with Crippen LogP contribution in [0.4, 0.5) is 5.95 Å². The Bertz CT molecular complexity index is 1220. The van der Waals surface area contributed by atoms with Crippen LogP contribution >= 0.6 is 0 Å². The first-order valence-electron chi connectivity index (χ1n) is 13.4. The third-order valence-corrected chi connectivity index (χ3v) is 7.54. The van der Waals surface area contributed by atoms with E-state index in [9.17, 15) is 0 Å². The van der Waals surface area contributed by atoms with Gasteiger partial charge < -0.3 is 20.3 Å². The number of ether oxygens (including phenoxy) is 1. The molecule has 0 spiro atoms. The van der Waals surface area contributed by atoms with Gasteiger partial charge in [0, 0.05) is 44.0 Å². The predicted octanol–water partition coefficient (Wildman–Crippen LogP) is 4.16. The van der Waals surface area contributed by atoms with Crippen LogP contribution in [0, 0.1) is 6.92 Å². The second-order valence-electron chi connectivity index (χ2n) is 10.2. The topological polar surface area (TPSA) is 79.9 Å². The molecule has 1 unspecified atom stereocenters.